The van der Waals surface area contributed by atoms with Gasteiger partial charge in [0.2, 0.25) is 0 Å². The van der Waals surface area contributed by atoms with Gasteiger partial charge in [-0.2, -0.15) is 0 Å². The number of phenolic OH excluding ortho intramolecular Hbond substituents is 2. The third-order valence-electron chi connectivity index (χ3n) is 4.78. The molecule has 0 atom stereocenters. The smallest absolute Gasteiger partial charge is 0.255 e. The van der Waals surface area contributed by atoms with Crippen LogP contribution >= 0.6 is 15.9 Å². The van der Waals surface area contributed by atoms with Gasteiger partial charge in [0.25, 0.3) is 5.91 Å². The van der Waals surface area contributed by atoms with E-state index in [1.54, 1.807) is 0 Å². The van der Waals surface area contributed by atoms with E-state index < -0.39 is 0 Å². The van der Waals surface area contributed by atoms with Crippen molar-refractivity contribution in [3.8, 4) is 23.0 Å². The second-order valence-corrected chi connectivity index (χ2v) is 7.81. The first-order chi connectivity index (χ1) is 14.8. The van der Waals surface area contributed by atoms with Crippen molar-refractivity contribution in [1.29, 1.82) is 0 Å². The summed E-state index contributed by atoms with van der Waals surface area (Å²) in [6, 6.07) is 5.66. The van der Waals surface area contributed by atoms with Gasteiger partial charge in [-0.1, -0.05) is 24.4 Å². The minimum atomic E-state index is -0.372. The molecule has 2 aromatic rings. The monoisotopic (exact) mass is 489 g/mol. The molecular weight excluding hydrogens is 465 g/mol. The van der Waals surface area contributed by atoms with Crippen LogP contribution < -0.4 is 20.3 Å². The van der Waals surface area contributed by atoms with Crippen LogP contribution in [0.25, 0.3) is 0 Å². The zero-order valence-corrected chi connectivity index (χ0v) is 19.1. The Kier molecular flexibility index (Phi) is 9.24. The standard InChI is InChI=1S/C22H25BBrNO6/c1-30-20-11-18(27)13(9-15(20)23)17(26)7-5-3-4-6-8-25-22(29)14-10-16(24)21(31-2)12-19(14)28/h9-12,27-28H,3-8H2,1-2H3,(H,25,29). The number of unbranched alkanes of at least 4 members (excludes halogenated alkanes) is 3. The molecule has 0 saturated carbocycles. The molecule has 164 valence electrons. The summed E-state index contributed by atoms with van der Waals surface area (Å²) >= 11 is 3.29. The summed E-state index contributed by atoms with van der Waals surface area (Å²) < 4.78 is 10.7. The SMILES string of the molecule is [B]c1cc(C(=O)CCCCCCNC(=O)c2cc(Br)c(OC)cc2O)c(O)cc1OC. The molecule has 0 aliphatic rings. The number of halogens is 1. The maximum Gasteiger partial charge on any atom is 0.255 e. The number of ketones is 1. The molecule has 0 bridgehead atoms. The van der Waals surface area contributed by atoms with Gasteiger partial charge in [-0.15, -0.1) is 0 Å². The van der Waals surface area contributed by atoms with E-state index in [-0.39, 0.29) is 34.3 Å². The van der Waals surface area contributed by atoms with E-state index >= 15 is 0 Å². The number of hydrogen-bond donors (Lipinski definition) is 3. The molecule has 0 aromatic heterocycles. The number of benzene rings is 2. The number of Topliss-reactive ketones (excluding diaryl/α,β-unsaturated/α-hetero) is 1. The van der Waals surface area contributed by atoms with Crippen molar-refractivity contribution in [1.82, 2.24) is 5.32 Å². The third kappa shape index (κ3) is 6.65. The highest BCUT2D eigenvalue weighted by atomic mass is 79.9. The van der Waals surface area contributed by atoms with Crippen molar-refractivity contribution >= 4 is 40.9 Å². The molecule has 0 saturated heterocycles. The molecule has 2 radical (unpaired) electrons. The number of rotatable bonds is 11. The van der Waals surface area contributed by atoms with Crippen molar-refractivity contribution in [2.75, 3.05) is 20.8 Å². The Morgan fingerprint density at radius 2 is 1.55 bits per heavy atom. The number of nitrogens with one attached hydrogen (secondary N) is 1. The van der Waals surface area contributed by atoms with Gasteiger partial charge < -0.3 is 25.0 Å². The lowest BCUT2D eigenvalue weighted by molar-refractivity contribution is 0.0949. The lowest BCUT2D eigenvalue weighted by Crippen LogP contribution is -2.24. The van der Waals surface area contributed by atoms with Gasteiger partial charge in [0.1, 0.15) is 30.8 Å². The highest BCUT2D eigenvalue weighted by Crippen LogP contribution is 2.32. The van der Waals surface area contributed by atoms with Gasteiger partial charge in [-0.3, -0.25) is 9.59 Å². The first-order valence-corrected chi connectivity index (χ1v) is 10.6. The minimum Gasteiger partial charge on any atom is -0.507 e. The Bertz CT molecular complexity index is 875. The topological polar surface area (TPSA) is 105 Å². The molecule has 2 aromatic carbocycles. The fourth-order valence-electron chi connectivity index (χ4n) is 3.06. The first kappa shape index (κ1) is 24.6. The van der Waals surface area contributed by atoms with Gasteiger partial charge >= 0.3 is 0 Å². The summed E-state index contributed by atoms with van der Waals surface area (Å²) in [4.78, 5) is 24.5. The van der Waals surface area contributed by atoms with E-state index in [0.29, 0.717) is 40.8 Å². The maximum absolute atomic E-state index is 12.3. The molecule has 0 heterocycles. The zero-order valence-electron chi connectivity index (χ0n) is 17.5. The zero-order chi connectivity index (χ0) is 23.0. The van der Waals surface area contributed by atoms with Crippen molar-refractivity contribution in [2.45, 2.75) is 32.1 Å². The van der Waals surface area contributed by atoms with E-state index in [9.17, 15) is 19.8 Å². The highest BCUT2D eigenvalue weighted by Gasteiger charge is 2.15. The van der Waals surface area contributed by atoms with Gasteiger partial charge in [-0.25, -0.2) is 0 Å². The lowest BCUT2D eigenvalue weighted by Gasteiger charge is -2.10. The Morgan fingerprint density at radius 1 is 0.935 bits per heavy atom. The normalized spacial score (nSPS) is 10.5. The Hall–Kier alpha value is -2.68. The van der Waals surface area contributed by atoms with Crippen LogP contribution in [0.2, 0.25) is 0 Å². The molecule has 7 nitrogen and oxygen atoms in total. The van der Waals surface area contributed by atoms with Crippen LogP contribution in [0.3, 0.4) is 0 Å². The summed E-state index contributed by atoms with van der Waals surface area (Å²) in [5.41, 5.74) is 0.655. The van der Waals surface area contributed by atoms with Crippen LogP contribution in [0.1, 0.15) is 52.8 Å². The predicted octanol–water partition coefficient (Wildman–Crippen LogP) is 3.23. The molecule has 0 fully saturated rings. The Balaban J connectivity index is 1.71. The van der Waals surface area contributed by atoms with Crippen molar-refractivity contribution in [2.24, 2.45) is 0 Å². The van der Waals surface area contributed by atoms with Crippen molar-refractivity contribution < 1.29 is 29.3 Å². The van der Waals surface area contributed by atoms with Gasteiger partial charge in [-0.05, 0) is 34.8 Å². The van der Waals surface area contributed by atoms with Crippen LogP contribution in [0.5, 0.6) is 23.0 Å². The Labute approximate surface area is 191 Å². The Morgan fingerprint density at radius 3 is 2.23 bits per heavy atom. The predicted molar refractivity (Wildman–Crippen MR) is 122 cm³/mol. The maximum atomic E-state index is 12.3. The minimum absolute atomic E-state index is 0.146. The van der Waals surface area contributed by atoms with Crippen LogP contribution in [0.4, 0.5) is 0 Å². The second kappa shape index (κ2) is 11.6. The third-order valence-corrected chi connectivity index (χ3v) is 5.40. The van der Waals surface area contributed by atoms with E-state index in [2.05, 4.69) is 21.2 Å². The van der Waals surface area contributed by atoms with Crippen LogP contribution in [0.15, 0.2) is 28.7 Å². The van der Waals surface area contributed by atoms with E-state index in [1.165, 1.54) is 38.5 Å². The number of methoxy groups -OCH3 is 2. The van der Waals surface area contributed by atoms with Crippen molar-refractivity contribution in [3.63, 3.8) is 0 Å². The quantitative estimate of drug-likeness (QED) is 0.254. The summed E-state index contributed by atoms with van der Waals surface area (Å²) in [5, 5.41) is 22.7. The number of phenols is 2. The average molecular weight is 490 g/mol. The molecule has 0 spiro atoms. The number of aromatic hydroxyl groups is 2. The molecule has 0 aliphatic carbocycles. The lowest BCUT2D eigenvalue weighted by atomic mass is 9.90. The number of ether oxygens (including phenoxy) is 2. The van der Waals surface area contributed by atoms with Gasteiger partial charge in [0.05, 0.1) is 29.8 Å². The summed E-state index contributed by atoms with van der Waals surface area (Å²) in [6.07, 6.45) is 3.30. The molecule has 0 unspecified atom stereocenters. The summed E-state index contributed by atoms with van der Waals surface area (Å²) in [5.74, 6) is -0.0874. The molecule has 1 amide bonds. The fourth-order valence-corrected chi connectivity index (χ4v) is 3.57. The van der Waals surface area contributed by atoms with Gasteiger partial charge in [0, 0.05) is 25.1 Å². The van der Waals surface area contributed by atoms with Crippen LogP contribution in [-0.2, 0) is 0 Å². The second-order valence-electron chi connectivity index (χ2n) is 6.96. The number of amides is 1. The summed E-state index contributed by atoms with van der Waals surface area (Å²) in [6.45, 7) is 0.450. The molecule has 31 heavy (non-hydrogen) atoms. The van der Waals surface area contributed by atoms with Gasteiger partial charge in [0.15, 0.2) is 5.78 Å². The number of carbonyl (C=O) groups excluding carboxylic acids is 2. The van der Waals surface area contributed by atoms with E-state index in [1.807, 2.05) is 0 Å². The number of hydrogen-bond acceptors (Lipinski definition) is 6. The molecule has 3 N–H and O–H groups in total. The van der Waals surface area contributed by atoms with E-state index in [4.69, 9.17) is 17.3 Å². The number of carbonyl (C=O) groups is 2. The highest BCUT2D eigenvalue weighted by molar-refractivity contribution is 9.10. The first-order valence-electron chi connectivity index (χ1n) is 9.82. The molecule has 9 heteroatoms. The average Bonchev–Trinajstić information content (AvgIpc) is 2.75. The molecule has 2 rings (SSSR count). The van der Waals surface area contributed by atoms with Crippen LogP contribution in [0, 0.1) is 0 Å². The fraction of sp³-hybridized carbons (Fsp3) is 0.364. The van der Waals surface area contributed by atoms with E-state index in [0.717, 1.165) is 19.3 Å². The molecular formula is C22H25BBrNO6. The largest absolute Gasteiger partial charge is 0.507 e. The molecule has 0 aliphatic heterocycles. The van der Waals surface area contributed by atoms with Crippen LogP contribution in [-0.4, -0.2) is 50.5 Å². The summed E-state index contributed by atoms with van der Waals surface area (Å²) in [7, 11) is 8.71. The van der Waals surface area contributed by atoms with Crippen molar-refractivity contribution in [3.05, 3.63) is 39.9 Å².